The van der Waals surface area contributed by atoms with Crippen molar-refractivity contribution in [3.8, 4) is 0 Å². The van der Waals surface area contributed by atoms with Gasteiger partial charge in [-0.1, -0.05) is 19.0 Å². The quantitative estimate of drug-likeness (QED) is 0.625. The van der Waals surface area contributed by atoms with Crippen LogP contribution in [0.3, 0.4) is 0 Å². The molecule has 0 saturated heterocycles. The normalized spacial score (nSPS) is 9.82. The lowest BCUT2D eigenvalue weighted by molar-refractivity contribution is 0.0320. The molecule has 5 heteroatoms. The fourth-order valence-electron chi connectivity index (χ4n) is 1.01. The van der Waals surface area contributed by atoms with Gasteiger partial charge in [-0.25, -0.2) is 0 Å². The van der Waals surface area contributed by atoms with Crippen molar-refractivity contribution in [2.45, 2.75) is 26.9 Å². The van der Waals surface area contributed by atoms with Crippen molar-refractivity contribution < 1.29 is 18.7 Å². The second-order valence-corrected chi connectivity index (χ2v) is 3.00. The highest BCUT2D eigenvalue weighted by Gasteiger charge is 1.95. The van der Waals surface area contributed by atoms with Crippen LogP contribution in [0.5, 0.6) is 0 Å². The smallest absolute Gasteiger partial charge is 0.124 e. The van der Waals surface area contributed by atoms with Gasteiger partial charge in [0.15, 0.2) is 0 Å². The summed E-state index contributed by atoms with van der Waals surface area (Å²) in [5.74, 6) is 0. The molecule has 0 unspecified atom stereocenters. The lowest BCUT2D eigenvalue weighted by Gasteiger charge is -2.03. The molecule has 0 atom stereocenters. The van der Waals surface area contributed by atoms with Gasteiger partial charge >= 0.3 is 0 Å². The maximum atomic E-state index is 5.31. The summed E-state index contributed by atoms with van der Waals surface area (Å²) in [6.45, 7) is 7.08. The first-order valence-electron chi connectivity index (χ1n) is 5.97. The fraction of sp³-hybridized carbons (Fsp3) is 0.750. The summed E-state index contributed by atoms with van der Waals surface area (Å²) in [7, 11) is 1.68. The van der Waals surface area contributed by atoms with Crippen LogP contribution in [0.15, 0.2) is 16.9 Å². The number of rotatable bonds is 9. The Bertz CT molecular complexity index is 226. The molecule has 0 radical (unpaired) electrons. The molecule has 0 aliphatic rings. The highest BCUT2D eigenvalue weighted by molar-refractivity contribution is 4.92. The highest BCUT2D eigenvalue weighted by atomic mass is 16.5. The first-order chi connectivity index (χ1) is 8.43. The van der Waals surface area contributed by atoms with Crippen molar-refractivity contribution in [3.05, 3.63) is 18.0 Å². The van der Waals surface area contributed by atoms with Crippen LogP contribution < -0.4 is 0 Å². The summed E-state index contributed by atoms with van der Waals surface area (Å²) in [5, 5.41) is 3.72. The van der Waals surface area contributed by atoms with Gasteiger partial charge in [0.2, 0.25) is 0 Å². The summed E-state index contributed by atoms with van der Waals surface area (Å²) in [6.07, 6.45) is 2.44. The van der Waals surface area contributed by atoms with E-state index in [9.17, 15) is 0 Å². The van der Waals surface area contributed by atoms with Crippen molar-refractivity contribution >= 4 is 0 Å². The summed E-state index contributed by atoms with van der Waals surface area (Å²) < 4.78 is 20.2. The largest absolute Gasteiger partial charge is 0.385 e. The van der Waals surface area contributed by atoms with Gasteiger partial charge in [0.25, 0.3) is 0 Å². The van der Waals surface area contributed by atoms with Gasteiger partial charge in [0, 0.05) is 26.4 Å². The second kappa shape index (κ2) is 13.2. The Morgan fingerprint density at radius 2 is 1.88 bits per heavy atom. The monoisotopic (exact) mass is 245 g/mol. The zero-order valence-electron chi connectivity index (χ0n) is 11.0. The molecule has 0 N–H and O–H groups in total. The summed E-state index contributed by atoms with van der Waals surface area (Å²) in [6, 6.07) is 1.78. The van der Waals surface area contributed by atoms with Crippen LogP contribution in [0.2, 0.25) is 0 Å². The molecule has 0 aromatic carbocycles. The fourth-order valence-corrected chi connectivity index (χ4v) is 1.01. The van der Waals surface area contributed by atoms with E-state index in [1.54, 1.807) is 13.2 Å². The van der Waals surface area contributed by atoms with E-state index in [1.807, 2.05) is 13.8 Å². The SMILES string of the molecule is CC.COCCCOCCOCc1ccon1. The number of hydrogen-bond acceptors (Lipinski definition) is 5. The van der Waals surface area contributed by atoms with Crippen molar-refractivity contribution in [1.82, 2.24) is 5.16 Å². The van der Waals surface area contributed by atoms with Crippen molar-refractivity contribution in [2.75, 3.05) is 33.5 Å². The van der Waals surface area contributed by atoms with Crippen LogP contribution in [0.4, 0.5) is 0 Å². The van der Waals surface area contributed by atoms with Crippen LogP contribution in [-0.2, 0) is 20.8 Å². The van der Waals surface area contributed by atoms with E-state index < -0.39 is 0 Å². The summed E-state index contributed by atoms with van der Waals surface area (Å²) in [5.41, 5.74) is 0.800. The molecule has 1 heterocycles. The maximum absolute atomic E-state index is 5.31. The van der Waals surface area contributed by atoms with Gasteiger partial charge in [-0.05, 0) is 6.42 Å². The third-order valence-corrected chi connectivity index (χ3v) is 1.75. The predicted octanol–water partition coefficient (Wildman–Crippen LogP) is 2.27. The molecular weight excluding hydrogens is 222 g/mol. The van der Waals surface area contributed by atoms with Crippen LogP contribution in [0.25, 0.3) is 0 Å². The maximum Gasteiger partial charge on any atom is 0.124 e. The number of nitrogens with zero attached hydrogens (tertiary/aromatic N) is 1. The molecule has 0 amide bonds. The molecule has 17 heavy (non-hydrogen) atoms. The zero-order valence-corrected chi connectivity index (χ0v) is 11.0. The van der Waals surface area contributed by atoms with E-state index >= 15 is 0 Å². The molecule has 1 aromatic rings. The molecule has 100 valence electrons. The molecule has 1 aromatic heterocycles. The topological polar surface area (TPSA) is 53.7 Å². The van der Waals surface area contributed by atoms with Gasteiger partial charge in [-0.15, -0.1) is 0 Å². The van der Waals surface area contributed by atoms with Crippen molar-refractivity contribution in [2.24, 2.45) is 0 Å². The van der Waals surface area contributed by atoms with Crippen molar-refractivity contribution in [3.63, 3.8) is 0 Å². The zero-order chi connectivity index (χ0) is 12.8. The minimum absolute atomic E-state index is 0.470. The Morgan fingerprint density at radius 3 is 2.53 bits per heavy atom. The predicted molar refractivity (Wildman–Crippen MR) is 64.8 cm³/mol. The molecule has 0 bridgehead atoms. The van der Waals surface area contributed by atoms with Crippen LogP contribution in [0, 0.1) is 0 Å². The minimum Gasteiger partial charge on any atom is -0.385 e. The lowest BCUT2D eigenvalue weighted by Crippen LogP contribution is -2.06. The first-order valence-corrected chi connectivity index (χ1v) is 5.97. The molecule has 0 spiro atoms. The Labute approximate surface area is 103 Å². The second-order valence-electron chi connectivity index (χ2n) is 3.00. The van der Waals surface area contributed by atoms with Crippen LogP contribution >= 0.6 is 0 Å². The van der Waals surface area contributed by atoms with Crippen LogP contribution in [-0.4, -0.2) is 38.7 Å². The molecule has 0 aliphatic carbocycles. The number of methoxy groups -OCH3 is 1. The van der Waals surface area contributed by atoms with Gasteiger partial charge in [0.1, 0.15) is 12.0 Å². The van der Waals surface area contributed by atoms with E-state index in [1.165, 1.54) is 6.26 Å². The Balaban J connectivity index is 0.00000121. The molecular formula is C12H23NO4. The molecule has 5 nitrogen and oxygen atoms in total. The Kier molecular flexibility index (Phi) is 12.5. The third kappa shape index (κ3) is 9.99. The standard InChI is InChI=1S/C10H17NO4.C2H6/c1-12-4-2-5-13-7-8-14-9-10-3-6-15-11-10;1-2/h3,6H,2,4-5,7-9H2,1H3;1-2H3. The Morgan fingerprint density at radius 1 is 1.12 bits per heavy atom. The summed E-state index contributed by atoms with van der Waals surface area (Å²) >= 11 is 0. The first kappa shape index (κ1) is 16.1. The van der Waals surface area contributed by atoms with Crippen LogP contribution in [0.1, 0.15) is 26.0 Å². The minimum atomic E-state index is 0.470. The average Bonchev–Trinajstić information content (AvgIpc) is 2.88. The van der Waals surface area contributed by atoms with Gasteiger partial charge in [-0.3, -0.25) is 0 Å². The van der Waals surface area contributed by atoms with Gasteiger partial charge in [0.05, 0.1) is 19.8 Å². The van der Waals surface area contributed by atoms with E-state index in [-0.39, 0.29) is 0 Å². The van der Waals surface area contributed by atoms with E-state index in [4.69, 9.17) is 14.2 Å². The van der Waals surface area contributed by atoms with Gasteiger partial charge < -0.3 is 18.7 Å². The number of hydrogen-bond donors (Lipinski definition) is 0. The van der Waals surface area contributed by atoms with E-state index in [0.29, 0.717) is 26.4 Å². The molecule has 0 saturated carbocycles. The van der Waals surface area contributed by atoms with E-state index in [2.05, 4.69) is 9.68 Å². The lowest BCUT2D eigenvalue weighted by atomic mass is 10.5. The summed E-state index contributed by atoms with van der Waals surface area (Å²) in [4.78, 5) is 0. The number of ether oxygens (including phenoxy) is 3. The average molecular weight is 245 g/mol. The highest BCUT2D eigenvalue weighted by Crippen LogP contribution is 1.96. The molecule has 1 rings (SSSR count). The van der Waals surface area contributed by atoms with E-state index in [0.717, 1.165) is 18.7 Å². The van der Waals surface area contributed by atoms with Crippen molar-refractivity contribution in [1.29, 1.82) is 0 Å². The molecule has 0 aliphatic heterocycles. The molecule has 0 fully saturated rings. The van der Waals surface area contributed by atoms with Gasteiger partial charge in [-0.2, -0.15) is 0 Å². The Hall–Kier alpha value is -0.910. The third-order valence-electron chi connectivity index (χ3n) is 1.75. The number of aromatic nitrogens is 1.